The number of halogens is 1. The number of aliphatic carboxylic acids is 1. The van der Waals surface area contributed by atoms with E-state index < -0.39 is 47.9 Å². The molecule has 2 aromatic carbocycles. The first-order valence-electron chi connectivity index (χ1n) is 17.8. The van der Waals surface area contributed by atoms with Gasteiger partial charge >= 0.3 is 5.97 Å². The van der Waals surface area contributed by atoms with Gasteiger partial charge in [-0.25, -0.2) is 14.1 Å². The number of hydrogen-bond donors (Lipinski definition) is 5. The molecule has 0 spiro atoms. The molecule has 4 rings (SSSR count). The van der Waals surface area contributed by atoms with Crippen molar-refractivity contribution >= 4 is 52.8 Å². The van der Waals surface area contributed by atoms with Crippen molar-refractivity contribution in [1.82, 2.24) is 25.8 Å². The van der Waals surface area contributed by atoms with Crippen molar-refractivity contribution in [1.29, 1.82) is 0 Å². The maximum Gasteiger partial charge on any atom is 0.326 e. The Morgan fingerprint density at radius 2 is 1.67 bits per heavy atom. The number of H-pyrrole nitrogens is 1. The number of carboxylic acids is 1. The monoisotopic (exact) mass is 746 g/mol. The van der Waals surface area contributed by atoms with Crippen LogP contribution in [0.3, 0.4) is 0 Å². The Labute approximate surface area is 313 Å². The standard InChI is InChI=1S/C39H47FN6O8/c1-6-45(7-2)19-18-41-37(50)36-23(3)31(43-24(36)4)21-29-28-20-26(40)10-14-32(28)46(38(29)51)35(49)17-13-30(39(52)53)44-34(48)16-15-33(47)42-22-25-8-11-27(54-5)12-9-25/h8-12,14,20-21,30,43H,6-7,13,15-19,22H2,1-5H3,(H,41,50)(H,42,47)(H,44,48)(H,52,53)/b29-21-/t30-/m0/s1. The molecule has 14 nitrogen and oxygen atoms in total. The van der Waals surface area contributed by atoms with Gasteiger partial charge in [-0.1, -0.05) is 26.0 Å². The van der Waals surface area contributed by atoms with Gasteiger partial charge in [0.05, 0.1) is 23.9 Å². The lowest BCUT2D eigenvalue weighted by atomic mass is 10.0. The zero-order valence-corrected chi connectivity index (χ0v) is 31.1. The minimum atomic E-state index is -1.48. The third-order valence-corrected chi connectivity index (χ3v) is 9.28. The first-order chi connectivity index (χ1) is 25.8. The number of likely N-dealkylation sites (N-methyl/N-ethyl adjacent to an activating group) is 1. The molecule has 1 aromatic heterocycles. The number of aryl methyl sites for hydroxylation is 1. The number of ether oxygens (including phenoxy) is 1. The summed E-state index contributed by atoms with van der Waals surface area (Å²) in [5, 5.41) is 17.7. The normalized spacial score (nSPS) is 13.5. The van der Waals surface area contributed by atoms with E-state index in [1.807, 2.05) is 13.8 Å². The van der Waals surface area contributed by atoms with Crippen LogP contribution >= 0.6 is 0 Å². The van der Waals surface area contributed by atoms with E-state index in [0.29, 0.717) is 41.4 Å². The number of carbonyl (C=O) groups is 6. The van der Waals surface area contributed by atoms with Gasteiger partial charge in [-0.2, -0.15) is 0 Å². The molecule has 1 atom stereocenters. The highest BCUT2D eigenvalue weighted by Gasteiger charge is 2.38. The van der Waals surface area contributed by atoms with E-state index >= 15 is 0 Å². The molecule has 1 aliphatic rings. The zero-order chi connectivity index (χ0) is 39.5. The number of carbonyl (C=O) groups excluding carboxylic acids is 5. The van der Waals surface area contributed by atoms with Crippen LogP contribution in [0, 0.1) is 19.7 Å². The lowest BCUT2D eigenvalue weighted by Crippen LogP contribution is -2.42. The van der Waals surface area contributed by atoms with Gasteiger partial charge < -0.3 is 35.7 Å². The molecule has 0 saturated heterocycles. The average molecular weight is 747 g/mol. The number of fused-ring (bicyclic) bond motifs is 1. The lowest BCUT2D eigenvalue weighted by molar-refractivity contribution is -0.142. The van der Waals surface area contributed by atoms with Crippen molar-refractivity contribution < 1.29 is 43.0 Å². The Kier molecular flexibility index (Phi) is 14.2. The van der Waals surface area contributed by atoms with Crippen LogP contribution in [0.15, 0.2) is 42.5 Å². The Morgan fingerprint density at radius 1 is 0.981 bits per heavy atom. The van der Waals surface area contributed by atoms with Crippen LogP contribution in [0.4, 0.5) is 10.1 Å². The largest absolute Gasteiger partial charge is 0.497 e. The molecule has 0 saturated carbocycles. The molecule has 1 aliphatic heterocycles. The highest BCUT2D eigenvalue weighted by Crippen LogP contribution is 2.39. The average Bonchev–Trinajstić information content (AvgIpc) is 3.59. The van der Waals surface area contributed by atoms with Gasteiger partial charge in [0.1, 0.15) is 17.6 Å². The van der Waals surface area contributed by atoms with Gasteiger partial charge in [-0.05, 0) is 80.9 Å². The van der Waals surface area contributed by atoms with E-state index in [1.165, 1.54) is 12.1 Å². The van der Waals surface area contributed by atoms with Crippen LogP contribution < -0.4 is 25.6 Å². The topological polar surface area (TPSA) is 190 Å². The zero-order valence-electron chi connectivity index (χ0n) is 31.1. The number of nitrogens with zero attached hydrogens (tertiary/aromatic N) is 2. The number of aromatic nitrogens is 1. The molecular weight excluding hydrogens is 699 g/mol. The van der Waals surface area contributed by atoms with Crippen LogP contribution in [-0.4, -0.2) is 89.8 Å². The maximum atomic E-state index is 14.5. The van der Waals surface area contributed by atoms with Gasteiger partial charge in [0, 0.05) is 55.8 Å². The molecule has 0 aliphatic carbocycles. The Balaban J connectivity index is 1.40. The molecule has 2 heterocycles. The maximum absolute atomic E-state index is 14.5. The van der Waals surface area contributed by atoms with Crippen molar-refractivity contribution in [3.63, 3.8) is 0 Å². The second-order valence-electron chi connectivity index (χ2n) is 12.8. The number of amides is 5. The number of methoxy groups -OCH3 is 1. The van der Waals surface area contributed by atoms with Gasteiger partial charge in [-0.3, -0.25) is 24.0 Å². The second-order valence-corrected chi connectivity index (χ2v) is 12.8. The summed E-state index contributed by atoms with van der Waals surface area (Å²) in [6, 6.07) is 9.11. The van der Waals surface area contributed by atoms with Crippen LogP contribution in [-0.2, 0) is 30.5 Å². The van der Waals surface area contributed by atoms with Gasteiger partial charge in [-0.15, -0.1) is 0 Å². The molecule has 0 unspecified atom stereocenters. The van der Waals surface area contributed by atoms with Crippen molar-refractivity contribution in [3.05, 3.63) is 81.9 Å². The second kappa shape index (κ2) is 18.8. The summed E-state index contributed by atoms with van der Waals surface area (Å²) in [4.78, 5) is 83.5. The molecule has 54 heavy (non-hydrogen) atoms. The number of rotatable bonds is 18. The summed E-state index contributed by atoms with van der Waals surface area (Å²) in [7, 11) is 1.54. The van der Waals surface area contributed by atoms with Crippen LogP contribution in [0.5, 0.6) is 5.75 Å². The highest BCUT2D eigenvalue weighted by atomic mass is 19.1. The van der Waals surface area contributed by atoms with Gasteiger partial charge in [0.2, 0.25) is 17.7 Å². The number of hydrogen-bond acceptors (Lipinski definition) is 8. The summed E-state index contributed by atoms with van der Waals surface area (Å²) in [6.07, 6.45) is 0.177. The van der Waals surface area contributed by atoms with Crippen molar-refractivity contribution in [2.24, 2.45) is 0 Å². The predicted octanol–water partition coefficient (Wildman–Crippen LogP) is 3.71. The summed E-state index contributed by atoms with van der Waals surface area (Å²) >= 11 is 0. The number of imide groups is 1. The molecule has 288 valence electrons. The van der Waals surface area contributed by atoms with E-state index in [0.717, 1.165) is 35.7 Å². The molecule has 15 heteroatoms. The third-order valence-electron chi connectivity index (χ3n) is 9.28. The molecule has 0 radical (unpaired) electrons. The lowest BCUT2D eigenvalue weighted by Gasteiger charge is -2.18. The van der Waals surface area contributed by atoms with Crippen LogP contribution in [0.25, 0.3) is 11.6 Å². The van der Waals surface area contributed by atoms with Crippen LogP contribution in [0.1, 0.15) is 78.0 Å². The third kappa shape index (κ3) is 10.2. The highest BCUT2D eigenvalue weighted by molar-refractivity contribution is 6.42. The van der Waals surface area contributed by atoms with E-state index in [1.54, 1.807) is 45.2 Å². The molecular formula is C39H47FN6O8. The number of anilines is 1. The summed E-state index contributed by atoms with van der Waals surface area (Å²) < 4.78 is 19.6. The van der Waals surface area contributed by atoms with E-state index in [4.69, 9.17) is 4.74 Å². The fourth-order valence-corrected chi connectivity index (χ4v) is 6.17. The summed E-state index contributed by atoms with van der Waals surface area (Å²) in [5.41, 5.74) is 3.06. The SMILES string of the molecule is CCN(CC)CCNC(=O)c1c(C)[nH]c(/C=C2\C(=O)N(C(=O)CC[C@H](NC(=O)CCC(=O)NCc3ccc(OC)cc3)C(=O)O)c3ccc(F)cc32)c1C. The van der Waals surface area contributed by atoms with Gasteiger partial charge in [0.25, 0.3) is 11.8 Å². The molecule has 5 N–H and O–H groups in total. The number of benzene rings is 2. The van der Waals surface area contributed by atoms with Gasteiger partial charge in [0.15, 0.2) is 0 Å². The molecule has 3 aromatic rings. The Morgan fingerprint density at radius 3 is 2.31 bits per heavy atom. The Hall–Kier alpha value is -5.83. The number of nitrogens with one attached hydrogen (secondary N) is 4. The minimum absolute atomic E-state index is 0.00375. The number of aromatic amines is 1. The smallest absolute Gasteiger partial charge is 0.326 e. The van der Waals surface area contributed by atoms with Crippen molar-refractivity contribution in [3.8, 4) is 5.75 Å². The number of carboxylic acid groups (broad SMARTS) is 1. The quantitative estimate of drug-likeness (QED) is 0.121. The van der Waals surface area contributed by atoms with Crippen molar-refractivity contribution in [2.45, 2.75) is 66.0 Å². The minimum Gasteiger partial charge on any atom is -0.497 e. The predicted molar refractivity (Wildman–Crippen MR) is 200 cm³/mol. The van der Waals surface area contributed by atoms with Crippen molar-refractivity contribution in [2.75, 3.05) is 38.2 Å². The van der Waals surface area contributed by atoms with E-state index in [-0.39, 0.29) is 48.5 Å². The molecule has 0 fully saturated rings. The fourth-order valence-electron chi connectivity index (χ4n) is 6.17. The first-order valence-corrected chi connectivity index (χ1v) is 17.8. The van der Waals surface area contributed by atoms with E-state index in [9.17, 15) is 38.3 Å². The summed E-state index contributed by atoms with van der Waals surface area (Å²) in [6.45, 7) is 10.6. The Bertz CT molecular complexity index is 1920. The molecule has 5 amide bonds. The summed E-state index contributed by atoms with van der Waals surface area (Å²) in [5.74, 6) is -4.29. The first kappa shape index (κ1) is 40.9. The van der Waals surface area contributed by atoms with E-state index in [2.05, 4.69) is 25.8 Å². The van der Waals surface area contributed by atoms with Crippen LogP contribution in [0.2, 0.25) is 0 Å². The fraction of sp³-hybridized carbons (Fsp3) is 0.385. The molecule has 0 bridgehead atoms.